The van der Waals surface area contributed by atoms with E-state index in [4.69, 9.17) is 4.84 Å². The van der Waals surface area contributed by atoms with Gasteiger partial charge in [0.1, 0.15) is 12.4 Å². The van der Waals surface area contributed by atoms with E-state index < -0.39 is 0 Å². The van der Waals surface area contributed by atoms with Gasteiger partial charge >= 0.3 is 0 Å². The van der Waals surface area contributed by atoms with Crippen molar-refractivity contribution in [1.29, 1.82) is 0 Å². The Morgan fingerprint density at radius 1 is 1.24 bits per heavy atom. The topological polar surface area (TPSA) is 43.3 Å². The minimum Gasteiger partial charge on any atom is -0.413 e. The van der Waals surface area contributed by atoms with Gasteiger partial charge in [0.05, 0.1) is 11.2 Å². The molecule has 3 aromatic rings. The number of hydrogen-bond donors (Lipinski definition) is 1. The second-order valence-corrected chi connectivity index (χ2v) is 8.05. The molecule has 0 spiro atoms. The molecule has 1 N–H and O–H groups in total. The summed E-state index contributed by atoms with van der Waals surface area (Å²) >= 11 is 0. The SMILES string of the molecule is CC(C)C(=O)NC1CCc2c(c3ccccc3n2OCCc2cccc(F)c2)C1. The third-order valence-corrected chi connectivity index (χ3v) is 5.59. The minimum atomic E-state index is -0.222. The van der Waals surface area contributed by atoms with Crippen molar-refractivity contribution < 1.29 is 14.0 Å². The fraction of sp³-hybridized carbons (Fsp3) is 0.375. The zero-order valence-electron chi connectivity index (χ0n) is 17.0. The molecule has 0 aliphatic heterocycles. The molecule has 0 saturated heterocycles. The normalized spacial score (nSPS) is 16.1. The van der Waals surface area contributed by atoms with Crippen molar-refractivity contribution >= 4 is 16.8 Å². The van der Waals surface area contributed by atoms with E-state index >= 15 is 0 Å². The van der Waals surface area contributed by atoms with Gasteiger partial charge in [0.25, 0.3) is 0 Å². The summed E-state index contributed by atoms with van der Waals surface area (Å²) in [6.07, 6.45) is 3.21. The Morgan fingerprint density at radius 2 is 2.07 bits per heavy atom. The summed E-state index contributed by atoms with van der Waals surface area (Å²) in [6, 6.07) is 15.0. The van der Waals surface area contributed by atoms with E-state index in [9.17, 15) is 9.18 Å². The summed E-state index contributed by atoms with van der Waals surface area (Å²) in [5.41, 5.74) is 4.41. The molecule has 4 nitrogen and oxygen atoms in total. The Labute approximate surface area is 170 Å². The Bertz CT molecular complexity index is 1020. The smallest absolute Gasteiger partial charge is 0.222 e. The monoisotopic (exact) mass is 394 g/mol. The predicted molar refractivity (Wildman–Crippen MR) is 112 cm³/mol. The van der Waals surface area contributed by atoms with Crippen molar-refractivity contribution in [3.63, 3.8) is 0 Å². The number of para-hydroxylation sites is 1. The molecule has 152 valence electrons. The first-order chi connectivity index (χ1) is 14.0. The standard InChI is InChI=1S/C24H27FN2O2/c1-16(2)24(28)26-19-10-11-23-21(15-19)20-8-3-4-9-22(20)27(23)29-13-12-17-6-5-7-18(25)14-17/h3-9,14,16,19H,10-13,15H2,1-2H3,(H,26,28). The first-order valence-corrected chi connectivity index (χ1v) is 10.3. The Hall–Kier alpha value is -2.82. The fourth-order valence-electron chi connectivity index (χ4n) is 4.05. The van der Waals surface area contributed by atoms with Crippen LogP contribution in [0.2, 0.25) is 0 Å². The van der Waals surface area contributed by atoms with Gasteiger partial charge in [-0.3, -0.25) is 4.79 Å². The first kappa shape index (κ1) is 19.5. The highest BCUT2D eigenvalue weighted by Crippen LogP contribution is 2.31. The van der Waals surface area contributed by atoms with Crippen LogP contribution in [0, 0.1) is 11.7 Å². The van der Waals surface area contributed by atoms with Crippen LogP contribution in [0.4, 0.5) is 4.39 Å². The van der Waals surface area contributed by atoms with Crippen LogP contribution in [0.1, 0.15) is 37.1 Å². The van der Waals surface area contributed by atoms with Crippen molar-refractivity contribution in [2.45, 2.75) is 45.6 Å². The van der Waals surface area contributed by atoms with Crippen molar-refractivity contribution in [2.75, 3.05) is 6.61 Å². The molecule has 29 heavy (non-hydrogen) atoms. The van der Waals surface area contributed by atoms with Crippen LogP contribution in [0.3, 0.4) is 0 Å². The zero-order valence-corrected chi connectivity index (χ0v) is 17.0. The van der Waals surface area contributed by atoms with Gasteiger partial charge in [-0.05, 0) is 48.6 Å². The Balaban J connectivity index is 1.54. The van der Waals surface area contributed by atoms with Crippen LogP contribution < -0.4 is 10.2 Å². The molecule has 1 aromatic heterocycles. The van der Waals surface area contributed by atoms with E-state index in [2.05, 4.69) is 17.4 Å². The molecule has 0 bridgehead atoms. The highest BCUT2D eigenvalue weighted by atomic mass is 19.1. The van der Waals surface area contributed by atoms with Crippen LogP contribution in [0.15, 0.2) is 48.5 Å². The van der Waals surface area contributed by atoms with E-state index in [1.54, 1.807) is 12.1 Å². The van der Waals surface area contributed by atoms with Crippen LogP contribution >= 0.6 is 0 Å². The molecular weight excluding hydrogens is 367 g/mol. The number of hydrogen-bond acceptors (Lipinski definition) is 2. The average Bonchev–Trinajstić information content (AvgIpc) is 3.01. The Kier molecular flexibility index (Phi) is 5.56. The van der Waals surface area contributed by atoms with Crippen LogP contribution in [-0.2, 0) is 24.1 Å². The summed E-state index contributed by atoms with van der Waals surface area (Å²) in [6.45, 7) is 4.31. The van der Waals surface area contributed by atoms with Gasteiger partial charge in [0.2, 0.25) is 5.91 Å². The maximum atomic E-state index is 13.4. The Morgan fingerprint density at radius 3 is 2.86 bits per heavy atom. The van der Waals surface area contributed by atoms with E-state index in [1.807, 2.05) is 36.8 Å². The van der Waals surface area contributed by atoms with Gasteiger partial charge in [0.15, 0.2) is 0 Å². The molecule has 0 fully saturated rings. The summed E-state index contributed by atoms with van der Waals surface area (Å²) in [5, 5.41) is 4.36. The molecule has 5 heteroatoms. The molecule has 4 rings (SSSR count). The zero-order chi connectivity index (χ0) is 20.4. The van der Waals surface area contributed by atoms with Gasteiger partial charge in [-0.15, -0.1) is 0 Å². The summed E-state index contributed by atoms with van der Waals surface area (Å²) in [4.78, 5) is 18.3. The third kappa shape index (κ3) is 4.14. The van der Waals surface area contributed by atoms with Crippen molar-refractivity contribution in [1.82, 2.24) is 10.0 Å². The van der Waals surface area contributed by atoms with Crippen LogP contribution in [-0.4, -0.2) is 23.3 Å². The van der Waals surface area contributed by atoms with Gasteiger partial charge in [-0.25, -0.2) is 4.39 Å². The fourth-order valence-corrected chi connectivity index (χ4v) is 4.05. The maximum absolute atomic E-state index is 13.4. The lowest BCUT2D eigenvalue weighted by Crippen LogP contribution is -2.41. The van der Waals surface area contributed by atoms with Crippen molar-refractivity contribution in [3.8, 4) is 0 Å². The number of aromatic nitrogens is 1. The molecule has 0 radical (unpaired) electrons. The van der Waals surface area contributed by atoms with Gasteiger partial charge in [-0.2, -0.15) is 4.73 Å². The van der Waals surface area contributed by atoms with E-state index in [0.29, 0.717) is 13.0 Å². The molecular formula is C24H27FN2O2. The molecule has 1 unspecified atom stereocenters. The number of rotatable bonds is 6. The second-order valence-electron chi connectivity index (χ2n) is 8.05. The quantitative estimate of drug-likeness (QED) is 0.685. The number of carbonyl (C=O) groups is 1. The number of fused-ring (bicyclic) bond motifs is 3. The number of amides is 1. The van der Waals surface area contributed by atoms with Crippen molar-refractivity contribution in [2.24, 2.45) is 5.92 Å². The van der Waals surface area contributed by atoms with Crippen molar-refractivity contribution in [3.05, 3.63) is 71.2 Å². The number of nitrogens with zero attached hydrogens (tertiary/aromatic N) is 1. The summed E-state index contributed by atoms with van der Waals surface area (Å²) in [7, 11) is 0. The summed E-state index contributed by atoms with van der Waals surface area (Å²) in [5.74, 6) is -0.127. The largest absolute Gasteiger partial charge is 0.413 e. The second kappa shape index (κ2) is 8.27. The molecule has 1 amide bonds. The molecule has 1 aliphatic carbocycles. The number of benzene rings is 2. The minimum absolute atomic E-state index is 0.0103. The molecule has 0 saturated carbocycles. The van der Waals surface area contributed by atoms with E-state index in [-0.39, 0.29) is 23.7 Å². The number of carbonyl (C=O) groups excluding carboxylic acids is 1. The van der Waals surface area contributed by atoms with Gasteiger partial charge < -0.3 is 10.2 Å². The lowest BCUT2D eigenvalue weighted by atomic mass is 9.91. The van der Waals surface area contributed by atoms with E-state index in [1.165, 1.54) is 22.7 Å². The molecule has 1 atom stereocenters. The summed E-state index contributed by atoms with van der Waals surface area (Å²) < 4.78 is 15.4. The molecule has 1 heterocycles. The van der Waals surface area contributed by atoms with Gasteiger partial charge in [0, 0.05) is 23.8 Å². The van der Waals surface area contributed by atoms with Crippen LogP contribution in [0.5, 0.6) is 0 Å². The third-order valence-electron chi connectivity index (χ3n) is 5.59. The molecule has 1 aliphatic rings. The number of nitrogens with one attached hydrogen (secondary N) is 1. The van der Waals surface area contributed by atoms with Crippen LogP contribution in [0.25, 0.3) is 10.9 Å². The lowest BCUT2D eigenvalue weighted by molar-refractivity contribution is -0.124. The highest BCUT2D eigenvalue weighted by Gasteiger charge is 2.27. The first-order valence-electron chi connectivity index (χ1n) is 10.3. The van der Waals surface area contributed by atoms with Gasteiger partial charge in [-0.1, -0.05) is 44.2 Å². The average molecular weight is 394 g/mol. The predicted octanol–water partition coefficient (Wildman–Crippen LogP) is 4.08. The number of halogens is 1. The van der Waals surface area contributed by atoms with E-state index in [0.717, 1.165) is 30.3 Å². The highest BCUT2D eigenvalue weighted by molar-refractivity contribution is 5.86. The molecule has 2 aromatic carbocycles. The lowest BCUT2D eigenvalue weighted by Gasteiger charge is -2.25. The maximum Gasteiger partial charge on any atom is 0.222 e.